The first-order valence-electron chi connectivity index (χ1n) is 15.4. The minimum absolute atomic E-state index is 0.117. The van der Waals surface area contributed by atoms with Crippen molar-refractivity contribution in [3.05, 3.63) is 76.9 Å². The number of rotatable bonds is 13. The van der Waals surface area contributed by atoms with Gasteiger partial charge >= 0.3 is 5.97 Å². The highest BCUT2D eigenvalue weighted by molar-refractivity contribution is 5.90. The first-order valence-corrected chi connectivity index (χ1v) is 15.4. The van der Waals surface area contributed by atoms with E-state index in [4.69, 9.17) is 14.2 Å². The summed E-state index contributed by atoms with van der Waals surface area (Å²) in [6, 6.07) is 5.80. The first-order chi connectivity index (χ1) is 20.3. The number of carbonyl (C=O) groups excluding carboxylic acids is 1. The topological polar surface area (TPSA) is 44.8 Å². The second-order valence-electron chi connectivity index (χ2n) is 11.5. The van der Waals surface area contributed by atoms with Crippen LogP contribution in [0.2, 0.25) is 0 Å². The minimum atomic E-state index is -1.18. The van der Waals surface area contributed by atoms with Gasteiger partial charge in [0.2, 0.25) is 5.82 Å². The fraction of sp³-hybridized carbons (Fsp3) is 0.559. The van der Waals surface area contributed by atoms with Crippen molar-refractivity contribution in [1.29, 1.82) is 0 Å². The molecule has 0 aliphatic heterocycles. The standard InChI is InChI=1S/C34H42F4O4/c1-3-5-7-21-41-29-19-18-27(31(36)33(29)38)23-10-14-25(15-11-23)42-34(39)28-17-16-26(30(35)32(28)37)22-8-12-24(13-9-22)40-20-6-4-2/h3,16-19,22-25H,1,4-15,20-21H2,2H3. The Kier molecular flexibility index (Phi) is 11.9. The maximum atomic E-state index is 15.1. The molecule has 4 nitrogen and oxygen atoms in total. The third kappa shape index (κ3) is 7.94. The number of allylic oxidation sites excluding steroid dienone is 1. The number of hydrogen-bond donors (Lipinski definition) is 0. The van der Waals surface area contributed by atoms with Crippen LogP contribution in [-0.2, 0) is 9.47 Å². The highest BCUT2D eigenvalue weighted by atomic mass is 19.2. The monoisotopic (exact) mass is 590 g/mol. The van der Waals surface area contributed by atoms with Gasteiger partial charge in [0.25, 0.3) is 0 Å². The van der Waals surface area contributed by atoms with Crippen LogP contribution in [0.15, 0.2) is 36.9 Å². The van der Waals surface area contributed by atoms with E-state index in [2.05, 4.69) is 13.5 Å². The number of unbranched alkanes of at least 4 members (excludes halogenated alkanes) is 2. The average molecular weight is 591 g/mol. The summed E-state index contributed by atoms with van der Waals surface area (Å²) in [5.74, 6) is -5.50. The molecule has 0 bridgehead atoms. The summed E-state index contributed by atoms with van der Waals surface area (Å²) in [5, 5.41) is 0. The minimum Gasteiger partial charge on any atom is -0.490 e. The Hall–Kier alpha value is -2.87. The van der Waals surface area contributed by atoms with Crippen LogP contribution in [0.25, 0.3) is 0 Å². The summed E-state index contributed by atoms with van der Waals surface area (Å²) < 4.78 is 76.3. The molecule has 0 spiro atoms. The SMILES string of the molecule is C=CCCCOc1ccc(C2CCC(OC(=O)c3ccc(C4CCC(OCCCC)CC4)c(F)c3F)CC2)c(F)c1F. The van der Waals surface area contributed by atoms with Crippen LogP contribution in [0.5, 0.6) is 5.75 Å². The fourth-order valence-corrected chi connectivity index (χ4v) is 6.06. The molecule has 4 rings (SSSR count). The molecule has 42 heavy (non-hydrogen) atoms. The lowest BCUT2D eigenvalue weighted by Crippen LogP contribution is -2.25. The van der Waals surface area contributed by atoms with Crippen LogP contribution >= 0.6 is 0 Å². The second kappa shape index (κ2) is 15.6. The Bertz CT molecular complexity index is 1200. The van der Waals surface area contributed by atoms with Crippen LogP contribution < -0.4 is 4.74 Å². The molecule has 2 aliphatic carbocycles. The van der Waals surface area contributed by atoms with Crippen molar-refractivity contribution < 1.29 is 36.6 Å². The third-order valence-corrected chi connectivity index (χ3v) is 8.57. The van der Waals surface area contributed by atoms with Crippen molar-refractivity contribution in [2.45, 2.75) is 108 Å². The van der Waals surface area contributed by atoms with Gasteiger partial charge in [0.05, 0.1) is 18.3 Å². The van der Waals surface area contributed by atoms with Gasteiger partial charge in [-0.15, -0.1) is 6.58 Å². The molecule has 8 heteroatoms. The Balaban J connectivity index is 1.29. The smallest absolute Gasteiger partial charge is 0.341 e. The summed E-state index contributed by atoms with van der Waals surface area (Å²) in [6.07, 6.45) is 9.59. The van der Waals surface area contributed by atoms with Gasteiger partial charge in [-0.2, -0.15) is 4.39 Å². The summed E-state index contributed by atoms with van der Waals surface area (Å²) in [7, 11) is 0. The van der Waals surface area contributed by atoms with Crippen LogP contribution in [0.3, 0.4) is 0 Å². The summed E-state index contributed by atoms with van der Waals surface area (Å²) in [6.45, 7) is 6.72. The summed E-state index contributed by atoms with van der Waals surface area (Å²) in [4.78, 5) is 12.8. The van der Waals surface area contributed by atoms with E-state index in [0.717, 1.165) is 38.7 Å². The van der Waals surface area contributed by atoms with E-state index in [9.17, 15) is 13.6 Å². The summed E-state index contributed by atoms with van der Waals surface area (Å²) >= 11 is 0. The molecule has 2 aromatic carbocycles. The predicted octanol–water partition coefficient (Wildman–Crippen LogP) is 9.31. The first kappa shape index (κ1) is 32.1. The highest BCUT2D eigenvalue weighted by Crippen LogP contribution is 2.39. The van der Waals surface area contributed by atoms with Gasteiger partial charge in [0.1, 0.15) is 6.10 Å². The van der Waals surface area contributed by atoms with E-state index < -0.39 is 40.9 Å². The zero-order valence-corrected chi connectivity index (χ0v) is 24.4. The largest absolute Gasteiger partial charge is 0.490 e. The van der Waals surface area contributed by atoms with E-state index >= 15 is 8.78 Å². The Morgan fingerprint density at radius 2 is 1.38 bits per heavy atom. The van der Waals surface area contributed by atoms with E-state index in [1.54, 1.807) is 12.1 Å². The fourth-order valence-electron chi connectivity index (χ4n) is 6.06. The molecular weight excluding hydrogens is 548 g/mol. The number of benzene rings is 2. The molecule has 0 heterocycles. The lowest BCUT2D eigenvalue weighted by Gasteiger charge is -2.30. The van der Waals surface area contributed by atoms with Gasteiger partial charge in [0.15, 0.2) is 23.2 Å². The molecule has 230 valence electrons. The van der Waals surface area contributed by atoms with Gasteiger partial charge in [-0.25, -0.2) is 18.0 Å². The van der Waals surface area contributed by atoms with Crippen LogP contribution in [0.4, 0.5) is 17.6 Å². The van der Waals surface area contributed by atoms with E-state index in [-0.39, 0.29) is 35.9 Å². The Morgan fingerprint density at radius 3 is 2.00 bits per heavy atom. The zero-order chi connectivity index (χ0) is 30.1. The van der Waals surface area contributed by atoms with Gasteiger partial charge in [0, 0.05) is 6.61 Å². The molecule has 0 atom stereocenters. The zero-order valence-electron chi connectivity index (χ0n) is 24.4. The van der Waals surface area contributed by atoms with E-state index in [0.29, 0.717) is 50.5 Å². The van der Waals surface area contributed by atoms with Crippen LogP contribution in [-0.4, -0.2) is 31.4 Å². The van der Waals surface area contributed by atoms with Crippen LogP contribution in [0, 0.1) is 23.3 Å². The summed E-state index contributed by atoms with van der Waals surface area (Å²) in [5.41, 5.74) is 0.131. The van der Waals surface area contributed by atoms with E-state index in [1.807, 2.05) is 0 Å². The Labute approximate surface area is 246 Å². The van der Waals surface area contributed by atoms with Gasteiger partial charge in [-0.3, -0.25) is 0 Å². The lowest BCUT2D eigenvalue weighted by atomic mass is 9.82. The van der Waals surface area contributed by atoms with Gasteiger partial charge in [-0.05, 0) is 106 Å². The quantitative estimate of drug-likeness (QED) is 0.101. The van der Waals surface area contributed by atoms with Crippen molar-refractivity contribution in [3.63, 3.8) is 0 Å². The highest BCUT2D eigenvalue weighted by Gasteiger charge is 2.31. The molecule has 0 aromatic heterocycles. The van der Waals surface area contributed by atoms with Gasteiger partial charge < -0.3 is 14.2 Å². The number of ether oxygens (including phenoxy) is 3. The maximum absolute atomic E-state index is 15.1. The second-order valence-corrected chi connectivity index (χ2v) is 11.5. The molecule has 0 radical (unpaired) electrons. The predicted molar refractivity (Wildman–Crippen MR) is 154 cm³/mol. The molecular formula is C34H42F4O4. The molecule has 2 aromatic rings. The third-order valence-electron chi connectivity index (χ3n) is 8.57. The number of esters is 1. The van der Waals surface area contributed by atoms with Crippen molar-refractivity contribution in [2.75, 3.05) is 13.2 Å². The van der Waals surface area contributed by atoms with E-state index in [1.165, 1.54) is 18.2 Å². The normalized spacial score (nSPS) is 22.5. The van der Waals surface area contributed by atoms with Gasteiger partial charge in [-0.1, -0.05) is 31.6 Å². The Morgan fingerprint density at radius 1 is 0.786 bits per heavy atom. The van der Waals surface area contributed by atoms with Crippen molar-refractivity contribution in [2.24, 2.45) is 0 Å². The van der Waals surface area contributed by atoms with Crippen molar-refractivity contribution in [1.82, 2.24) is 0 Å². The van der Waals surface area contributed by atoms with Crippen LogP contribution in [0.1, 0.15) is 117 Å². The molecule has 0 amide bonds. The maximum Gasteiger partial charge on any atom is 0.341 e. The lowest BCUT2D eigenvalue weighted by molar-refractivity contribution is 0.0188. The number of hydrogen-bond acceptors (Lipinski definition) is 4. The molecule has 0 unspecified atom stereocenters. The van der Waals surface area contributed by atoms with Crippen molar-refractivity contribution >= 4 is 5.97 Å². The average Bonchev–Trinajstić information content (AvgIpc) is 3.00. The molecule has 2 fully saturated rings. The van der Waals surface area contributed by atoms with Crippen molar-refractivity contribution in [3.8, 4) is 5.75 Å². The molecule has 0 N–H and O–H groups in total. The number of halogens is 4. The molecule has 2 saturated carbocycles. The molecule has 0 saturated heterocycles. The number of carbonyl (C=O) groups is 1. The molecule has 2 aliphatic rings.